The third-order valence-electron chi connectivity index (χ3n) is 12.9. The van der Waals surface area contributed by atoms with Crippen LogP contribution in [-0.4, -0.2) is 0 Å². The molecule has 3 aliphatic carbocycles. The van der Waals surface area contributed by atoms with Gasteiger partial charge in [0.1, 0.15) is 0 Å². The number of rotatable bonds is 1. The van der Waals surface area contributed by atoms with Crippen molar-refractivity contribution in [2.24, 2.45) is 0 Å². The van der Waals surface area contributed by atoms with Gasteiger partial charge in [-0.25, -0.2) is 0 Å². The van der Waals surface area contributed by atoms with E-state index >= 15 is 0 Å². The molecule has 52 heavy (non-hydrogen) atoms. The summed E-state index contributed by atoms with van der Waals surface area (Å²) in [5.41, 5.74) is 18.5. The van der Waals surface area contributed by atoms with Gasteiger partial charge < -0.3 is 0 Å². The lowest BCUT2D eigenvalue weighted by Crippen LogP contribution is -2.26. The van der Waals surface area contributed by atoms with E-state index < -0.39 is 5.41 Å². The standard InChI is InChI=1S/C52H34/c1-51(2)45-20-10-7-17-37(45)40-25-23-31(27-48(40)51)32-24-26-41-38-18-8-11-21-46(38)52(49(41)28-32)47-22-12-9-19-39(47)44-29-42-35-15-5-3-13-33(35)34-14-4-6-16-36(34)43(42)30-50(44)52/h3-30H,1-2H3. The van der Waals surface area contributed by atoms with Crippen molar-refractivity contribution in [3.8, 4) is 44.5 Å². The maximum Gasteiger partial charge on any atom is 0.0725 e. The first-order valence-corrected chi connectivity index (χ1v) is 18.5. The number of hydrogen-bond acceptors (Lipinski definition) is 0. The summed E-state index contributed by atoms with van der Waals surface area (Å²) in [6.07, 6.45) is 0. The summed E-state index contributed by atoms with van der Waals surface area (Å²) in [6.45, 7) is 4.75. The van der Waals surface area contributed by atoms with Gasteiger partial charge in [-0.05, 0) is 134 Å². The van der Waals surface area contributed by atoms with Crippen molar-refractivity contribution in [1.29, 1.82) is 0 Å². The fourth-order valence-corrected chi connectivity index (χ4v) is 10.6. The van der Waals surface area contributed by atoms with Crippen molar-refractivity contribution in [2.75, 3.05) is 0 Å². The van der Waals surface area contributed by atoms with E-state index in [0.29, 0.717) is 0 Å². The Labute approximate surface area is 303 Å². The van der Waals surface area contributed by atoms with Crippen molar-refractivity contribution >= 4 is 32.3 Å². The molecule has 0 heterocycles. The molecule has 1 atom stereocenters. The quantitative estimate of drug-likeness (QED) is 0.154. The summed E-state index contributed by atoms with van der Waals surface area (Å²) in [5, 5.41) is 7.89. The van der Waals surface area contributed by atoms with Crippen LogP contribution in [0.3, 0.4) is 0 Å². The Hall–Kier alpha value is -6.24. The molecule has 0 saturated heterocycles. The average molecular weight is 659 g/mol. The third-order valence-corrected chi connectivity index (χ3v) is 12.9. The van der Waals surface area contributed by atoms with Crippen LogP contribution in [-0.2, 0) is 10.8 Å². The smallest absolute Gasteiger partial charge is 0.0619 e. The van der Waals surface area contributed by atoms with E-state index in [4.69, 9.17) is 0 Å². The fourth-order valence-electron chi connectivity index (χ4n) is 10.6. The van der Waals surface area contributed by atoms with Crippen molar-refractivity contribution in [1.82, 2.24) is 0 Å². The van der Waals surface area contributed by atoms with Crippen molar-refractivity contribution < 1.29 is 0 Å². The van der Waals surface area contributed by atoms with Crippen molar-refractivity contribution in [3.63, 3.8) is 0 Å². The first-order valence-electron chi connectivity index (χ1n) is 18.5. The minimum Gasteiger partial charge on any atom is -0.0619 e. The highest BCUT2D eigenvalue weighted by Crippen LogP contribution is 2.64. The highest BCUT2D eigenvalue weighted by atomic mass is 14.5. The van der Waals surface area contributed by atoms with Gasteiger partial charge in [0.15, 0.2) is 0 Å². The molecule has 0 heteroatoms. The number of fused-ring (bicyclic) bond motifs is 19. The van der Waals surface area contributed by atoms with Gasteiger partial charge in [0, 0.05) is 5.41 Å². The van der Waals surface area contributed by atoms with Crippen LogP contribution in [0.15, 0.2) is 170 Å². The summed E-state index contributed by atoms with van der Waals surface area (Å²) in [5.74, 6) is 0. The zero-order valence-corrected chi connectivity index (χ0v) is 29.2. The molecule has 0 fully saturated rings. The van der Waals surface area contributed by atoms with E-state index in [1.807, 2.05) is 0 Å². The average Bonchev–Trinajstić information content (AvgIpc) is 3.75. The summed E-state index contributed by atoms with van der Waals surface area (Å²) in [7, 11) is 0. The Balaban J connectivity index is 1.17. The SMILES string of the molecule is CC1(C)c2ccccc2-c2ccc(-c3ccc4c(c3)C3(c5ccccc5-4)c4ccccc4-c4cc5c6ccccc6c6ccccc6c5cc43)cc21. The lowest BCUT2D eigenvalue weighted by Gasteiger charge is -2.31. The Morgan fingerprint density at radius 3 is 1.25 bits per heavy atom. The lowest BCUT2D eigenvalue weighted by molar-refractivity contribution is 0.660. The Bertz CT molecular complexity index is 3050. The second-order valence-corrected chi connectivity index (χ2v) is 15.6. The van der Waals surface area contributed by atoms with Crippen LogP contribution < -0.4 is 0 Å². The van der Waals surface area contributed by atoms with E-state index in [9.17, 15) is 0 Å². The van der Waals surface area contributed by atoms with E-state index in [0.717, 1.165) is 0 Å². The molecule has 0 radical (unpaired) electrons. The van der Waals surface area contributed by atoms with Gasteiger partial charge in [0.05, 0.1) is 5.41 Å². The lowest BCUT2D eigenvalue weighted by atomic mass is 9.70. The van der Waals surface area contributed by atoms with Crippen LogP contribution in [0.1, 0.15) is 47.2 Å². The molecule has 3 aliphatic rings. The first kappa shape index (κ1) is 28.5. The van der Waals surface area contributed by atoms with Gasteiger partial charge in [-0.2, -0.15) is 0 Å². The van der Waals surface area contributed by atoms with Gasteiger partial charge in [0.2, 0.25) is 0 Å². The topological polar surface area (TPSA) is 0 Å². The summed E-state index contributed by atoms with van der Waals surface area (Å²) < 4.78 is 0. The van der Waals surface area contributed by atoms with Gasteiger partial charge in [0.25, 0.3) is 0 Å². The van der Waals surface area contributed by atoms with E-state index in [1.54, 1.807) is 0 Å². The normalized spacial score (nSPS) is 16.9. The monoisotopic (exact) mass is 658 g/mol. The molecule has 0 nitrogen and oxygen atoms in total. The molecule has 0 amide bonds. The van der Waals surface area contributed by atoms with E-state index in [2.05, 4.69) is 184 Å². The van der Waals surface area contributed by atoms with Crippen LogP contribution in [0.25, 0.3) is 76.8 Å². The minimum absolute atomic E-state index is 0.0482. The van der Waals surface area contributed by atoms with Crippen LogP contribution in [0.2, 0.25) is 0 Å². The third kappa shape index (κ3) is 3.34. The molecule has 0 aromatic heterocycles. The second-order valence-electron chi connectivity index (χ2n) is 15.6. The summed E-state index contributed by atoms with van der Waals surface area (Å²) in [6, 6.07) is 64.7. The zero-order chi connectivity index (χ0) is 34.3. The number of benzene rings is 9. The first-order chi connectivity index (χ1) is 25.5. The summed E-state index contributed by atoms with van der Waals surface area (Å²) in [4.78, 5) is 0. The van der Waals surface area contributed by atoms with Gasteiger partial charge in [-0.3, -0.25) is 0 Å². The van der Waals surface area contributed by atoms with Crippen LogP contribution in [0, 0.1) is 0 Å². The molecule has 9 aromatic rings. The Kier molecular flexibility index (Phi) is 5.34. The Morgan fingerprint density at radius 2 is 0.654 bits per heavy atom. The largest absolute Gasteiger partial charge is 0.0725 e. The van der Waals surface area contributed by atoms with Gasteiger partial charge in [-0.1, -0.05) is 159 Å². The molecular formula is C52H34. The fraction of sp³-hybridized carbons (Fsp3) is 0.0769. The van der Waals surface area contributed by atoms with E-state index in [1.165, 1.54) is 110 Å². The zero-order valence-electron chi connectivity index (χ0n) is 29.2. The highest BCUT2D eigenvalue weighted by molar-refractivity contribution is 6.26. The van der Waals surface area contributed by atoms with E-state index in [-0.39, 0.29) is 5.41 Å². The molecule has 9 aromatic carbocycles. The van der Waals surface area contributed by atoms with Crippen LogP contribution in [0.5, 0.6) is 0 Å². The molecule has 12 rings (SSSR count). The predicted molar refractivity (Wildman–Crippen MR) is 218 cm³/mol. The number of hydrogen-bond donors (Lipinski definition) is 0. The second kappa shape index (κ2) is 9.75. The molecule has 0 saturated carbocycles. The molecule has 242 valence electrons. The Morgan fingerprint density at radius 1 is 0.269 bits per heavy atom. The predicted octanol–water partition coefficient (Wildman–Crippen LogP) is 13.5. The molecule has 0 N–H and O–H groups in total. The van der Waals surface area contributed by atoms with Crippen molar-refractivity contribution in [3.05, 3.63) is 203 Å². The maximum absolute atomic E-state index is 2.56. The summed E-state index contributed by atoms with van der Waals surface area (Å²) >= 11 is 0. The van der Waals surface area contributed by atoms with Crippen molar-refractivity contribution in [2.45, 2.75) is 24.7 Å². The van der Waals surface area contributed by atoms with Crippen LogP contribution in [0.4, 0.5) is 0 Å². The maximum atomic E-state index is 2.56. The van der Waals surface area contributed by atoms with Gasteiger partial charge >= 0.3 is 0 Å². The molecular weight excluding hydrogens is 625 g/mol. The highest BCUT2D eigenvalue weighted by Gasteiger charge is 2.52. The van der Waals surface area contributed by atoms with Crippen LogP contribution >= 0.6 is 0 Å². The molecule has 0 bridgehead atoms. The molecule has 1 spiro atoms. The molecule has 0 aliphatic heterocycles. The van der Waals surface area contributed by atoms with Gasteiger partial charge in [-0.15, -0.1) is 0 Å². The molecule has 1 unspecified atom stereocenters. The minimum atomic E-state index is -0.430.